The van der Waals surface area contributed by atoms with E-state index in [0.29, 0.717) is 0 Å². The molecule has 0 spiro atoms. The van der Waals surface area contributed by atoms with E-state index in [1.54, 1.807) is 6.08 Å². The van der Waals surface area contributed by atoms with Gasteiger partial charge in [0.2, 0.25) is 0 Å². The fraction of sp³-hybridized carbons (Fsp3) is 0.700. The summed E-state index contributed by atoms with van der Waals surface area (Å²) in [6.07, 6.45) is 6.68. The van der Waals surface area contributed by atoms with Gasteiger partial charge in [-0.05, 0) is 37.5 Å². The quantitative estimate of drug-likeness (QED) is 0.439. The molecule has 2 nitrogen and oxygen atoms in total. The minimum Gasteiger partial charge on any atom is -0.466 e. The van der Waals surface area contributed by atoms with Gasteiger partial charge in [-0.2, -0.15) is 0 Å². The van der Waals surface area contributed by atoms with Gasteiger partial charge in [0.05, 0.1) is 7.11 Å². The van der Waals surface area contributed by atoms with Crippen molar-refractivity contribution in [1.82, 2.24) is 0 Å². The number of allylic oxidation sites excluding steroid dienone is 1. The molecule has 0 N–H and O–H groups in total. The minimum absolute atomic E-state index is 0.189. The van der Waals surface area contributed by atoms with E-state index < -0.39 is 0 Å². The predicted octanol–water partition coefficient (Wildman–Crippen LogP) is 1.91. The molecular formula is C10H14O2. The van der Waals surface area contributed by atoms with Gasteiger partial charge in [-0.15, -0.1) is 0 Å². The predicted molar refractivity (Wildman–Crippen MR) is 45.5 cm³/mol. The van der Waals surface area contributed by atoms with Gasteiger partial charge >= 0.3 is 5.97 Å². The van der Waals surface area contributed by atoms with Crippen LogP contribution < -0.4 is 0 Å². The van der Waals surface area contributed by atoms with Crippen LogP contribution in [0.2, 0.25) is 0 Å². The van der Waals surface area contributed by atoms with Crippen LogP contribution in [0.1, 0.15) is 25.7 Å². The van der Waals surface area contributed by atoms with E-state index >= 15 is 0 Å². The summed E-state index contributed by atoms with van der Waals surface area (Å²) in [5.74, 6) is 1.59. The number of esters is 1. The molecule has 2 rings (SSSR count). The van der Waals surface area contributed by atoms with Crippen molar-refractivity contribution in [1.29, 1.82) is 0 Å². The van der Waals surface area contributed by atoms with Crippen LogP contribution in [0.4, 0.5) is 0 Å². The Balaban J connectivity index is 1.97. The molecule has 0 aromatic heterocycles. The zero-order valence-corrected chi connectivity index (χ0v) is 7.38. The second-order valence-corrected chi connectivity index (χ2v) is 3.83. The van der Waals surface area contributed by atoms with Crippen molar-refractivity contribution < 1.29 is 9.53 Å². The Morgan fingerprint density at radius 2 is 2.00 bits per heavy atom. The Kier molecular flexibility index (Phi) is 1.91. The maximum absolute atomic E-state index is 10.9. The Labute approximate surface area is 72.6 Å². The number of rotatable bonds is 1. The molecule has 2 heteroatoms. The first-order chi connectivity index (χ1) is 5.79. The number of methoxy groups -OCH3 is 1. The first kappa shape index (κ1) is 7.84. The van der Waals surface area contributed by atoms with E-state index in [0.717, 1.165) is 24.7 Å². The third kappa shape index (κ3) is 1.26. The second-order valence-electron chi connectivity index (χ2n) is 3.83. The van der Waals surface area contributed by atoms with Crippen molar-refractivity contribution in [2.75, 3.05) is 7.11 Å². The average Bonchev–Trinajstić information content (AvgIpc) is 2.30. The second kappa shape index (κ2) is 2.92. The number of hydrogen-bond donors (Lipinski definition) is 0. The van der Waals surface area contributed by atoms with Gasteiger partial charge in [-0.3, -0.25) is 0 Å². The van der Waals surface area contributed by atoms with E-state index in [1.807, 2.05) is 0 Å². The Morgan fingerprint density at radius 3 is 2.42 bits per heavy atom. The van der Waals surface area contributed by atoms with Gasteiger partial charge in [-0.25, -0.2) is 4.79 Å². The molecule has 0 bridgehead atoms. The molecular weight excluding hydrogens is 152 g/mol. The molecule has 2 fully saturated rings. The van der Waals surface area contributed by atoms with Crippen LogP contribution in [0.3, 0.4) is 0 Å². The maximum atomic E-state index is 10.9. The number of ether oxygens (including phenoxy) is 1. The summed E-state index contributed by atoms with van der Waals surface area (Å²) >= 11 is 0. The molecule has 0 saturated heterocycles. The largest absolute Gasteiger partial charge is 0.466 e. The van der Waals surface area contributed by atoms with Crippen LogP contribution in [0.5, 0.6) is 0 Å². The third-order valence-electron chi connectivity index (χ3n) is 3.15. The summed E-state index contributed by atoms with van der Waals surface area (Å²) in [5.41, 5.74) is 1.30. The van der Waals surface area contributed by atoms with Crippen LogP contribution in [-0.2, 0) is 9.53 Å². The van der Waals surface area contributed by atoms with Crippen molar-refractivity contribution in [2.45, 2.75) is 25.7 Å². The normalized spacial score (nSPS) is 35.9. The highest BCUT2D eigenvalue weighted by Gasteiger charge is 2.37. The summed E-state index contributed by atoms with van der Waals surface area (Å²) in [6.45, 7) is 0. The lowest BCUT2D eigenvalue weighted by Gasteiger charge is -2.28. The Morgan fingerprint density at radius 1 is 1.42 bits per heavy atom. The third-order valence-corrected chi connectivity index (χ3v) is 3.15. The van der Waals surface area contributed by atoms with Crippen LogP contribution in [0.25, 0.3) is 0 Å². The van der Waals surface area contributed by atoms with Crippen LogP contribution in [0, 0.1) is 11.8 Å². The molecule has 0 unspecified atom stereocenters. The molecule has 2 atom stereocenters. The highest BCUT2D eigenvalue weighted by atomic mass is 16.5. The van der Waals surface area contributed by atoms with Gasteiger partial charge in [-0.1, -0.05) is 5.57 Å². The van der Waals surface area contributed by atoms with Crippen molar-refractivity contribution >= 4 is 5.97 Å². The first-order valence-corrected chi connectivity index (χ1v) is 4.57. The molecule has 0 radical (unpaired) electrons. The standard InChI is InChI=1S/C10H14O2/c1-12-10(11)6-7-4-8-2-3-9(8)5-7/h6,8-9H,2-5H2,1H3/t8-,9+. The van der Waals surface area contributed by atoms with Gasteiger partial charge in [0, 0.05) is 6.08 Å². The van der Waals surface area contributed by atoms with Crippen molar-refractivity contribution in [3.63, 3.8) is 0 Å². The highest BCUT2D eigenvalue weighted by Crippen LogP contribution is 2.49. The molecule has 0 aromatic rings. The fourth-order valence-electron chi connectivity index (χ4n) is 2.28. The van der Waals surface area contributed by atoms with E-state index in [1.165, 1.54) is 25.5 Å². The van der Waals surface area contributed by atoms with Gasteiger partial charge < -0.3 is 4.74 Å². The lowest BCUT2D eigenvalue weighted by molar-refractivity contribution is -0.134. The Bertz CT molecular complexity index is 216. The van der Waals surface area contributed by atoms with Gasteiger partial charge in [0.1, 0.15) is 0 Å². The summed E-state index contributed by atoms with van der Waals surface area (Å²) in [7, 11) is 1.43. The van der Waals surface area contributed by atoms with E-state index in [4.69, 9.17) is 0 Å². The van der Waals surface area contributed by atoms with Crippen molar-refractivity contribution in [3.05, 3.63) is 11.6 Å². The molecule has 12 heavy (non-hydrogen) atoms. The minimum atomic E-state index is -0.189. The van der Waals surface area contributed by atoms with Gasteiger partial charge in [0.15, 0.2) is 0 Å². The summed E-state index contributed by atoms with van der Waals surface area (Å²) in [4.78, 5) is 10.9. The number of carbonyl (C=O) groups excluding carboxylic acids is 1. The lowest BCUT2D eigenvalue weighted by Crippen LogP contribution is -2.18. The molecule has 0 amide bonds. The van der Waals surface area contributed by atoms with Crippen molar-refractivity contribution in [3.8, 4) is 0 Å². The van der Waals surface area contributed by atoms with Crippen LogP contribution >= 0.6 is 0 Å². The number of carbonyl (C=O) groups is 1. The summed E-state index contributed by atoms with van der Waals surface area (Å²) in [5, 5.41) is 0. The van der Waals surface area contributed by atoms with Crippen molar-refractivity contribution in [2.24, 2.45) is 11.8 Å². The summed E-state index contributed by atoms with van der Waals surface area (Å²) < 4.78 is 4.59. The molecule has 2 saturated carbocycles. The van der Waals surface area contributed by atoms with Crippen LogP contribution in [0.15, 0.2) is 11.6 Å². The number of fused-ring (bicyclic) bond motifs is 1. The fourth-order valence-corrected chi connectivity index (χ4v) is 2.28. The van der Waals surface area contributed by atoms with E-state index in [2.05, 4.69) is 4.74 Å². The number of hydrogen-bond acceptors (Lipinski definition) is 2. The maximum Gasteiger partial charge on any atom is 0.330 e. The topological polar surface area (TPSA) is 26.3 Å². The first-order valence-electron chi connectivity index (χ1n) is 4.57. The van der Waals surface area contributed by atoms with E-state index in [-0.39, 0.29) is 5.97 Å². The monoisotopic (exact) mass is 166 g/mol. The SMILES string of the molecule is COC(=O)C=C1C[C@H]2CC[C@H]2C1. The molecule has 0 heterocycles. The molecule has 0 aliphatic heterocycles. The zero-order valence-electron chi connectivity index (χ0n) is 7.38. The zero-order chi connectivity index (χ0) is 8.55. The molecule has 66 valence electrons. The van der Waals surface area contributed by atoms with E-state index in [9.17, 15) is 4.79 Å². The molecule has 2 aliphatic carbocycles. The average molecular weight is 166 g/mol. The van der Waals surface area contributed by atoms with Gasteiger partial charge in [0.25, 0.3) is 0 Å². The molecule has 2 aliphatic rings. The summed E-state index contributed by atoms with van der Waals surface area (Å²) in [6, 6.07) is 0. The smallest absolute Gasteiger partial charge is 0.330 e. The van der Waals surface area contributed by atoms with Crippen LogP contribution in [-0.4, -0.2) is 13.1 Å². The lowest BCUT2D eigenvalue weighted by atomic mass is 9.77. The molecule has 0 aromatic carbocycles. The Hall–Kier alpha value is -0.790. The highest BCUT2D eigenvalue weighted by molar-refractivity contribution is 5.82.